The van der Waals surface area contributed by atoms with Crippen LogP contribution in [0.4, 0.5) is 0 Å². The predicted octanol–water partition coefficient (Wildman–Crippen LogP) is 15.3. The van der Waals surface area contributed by atoms with Crippen molar-refractivity contribution < 1.29 is 24.5 Å². The first-order chi connectivity index (χ1) is 28.5. The number of aliphatic hydroxyl groups excluding tert-OH is 2. The Morgan fingerprint density at radius 3 is 1.24 bits per heavy atom. The second kappa shape index (κ2) is 46.7. The van der Waals surface area contributed by atoms with Gasteiger partial charge in [-0.3, -0.25) is 9.59 Å². The van der Waals surface area contributed by atoms with Gasteiger partial charge < -0.3 is 20.3 Å². The Morgan fingerprint density at radius 2 is 0.828 bits per heavy atom. The first-order valence-electron chi connectivity index (χ1n) is 25.9. The van der Waals surface area contributed by atoms with Crippen LogP contribution >= 0.6 is 0 Å². The van der Waals surface area contributed by atoms with Gasteiger partial charge in [0.1, 0.15) is 6.10 Å². The van der Waals surface area contributed by atoms with Crippen LogP contribution in [0.3, 0.4) is 0 Å². The zero-order valence-electron chi connectivity index (χ0n) is 39.2. The maximum Gasteiger partial charge on any atom is 0.306 e. The van der Waals surface area contributed by atoms with E-state index in [4.69, 9.17) is 4.74 Å². The molecule has 6 heteroatoms. The lowest BCUT2D eigenvalue weighted by Crippen LogP contribution is -2.46. The fraction of sp³-hybridized carbons (Fsp3) is 0.923. The molecule has 3 atom stereocenters. The SMILES string of the molecule is CCCCCC/C=C\CCCCCCCC(CC(=O)NC(CO)C(O)CCCCCCCCCCCCCCCCCCC)OC(=O)CCCCCCCCCCC. The van der Waals surface area contributed by atoms with Crippen molar-refractivity contribution in [3.05, 3.63) is 12.2 Å². The van der Waals surface area contributed by atoms with Crippen LogP contribution in [0, 0.1) is 0 Å². The van der Waals surface area contributed by atoms with Gasteiger partial charge in [0.2, 0.25) is 5.91 Å². The van der Waals surface area contributed by atoms with Crippen molar-refractivity contribution in [3.63, 3.8) is 0 Å². The van der Waals surface area contributed by atoms with E-state index in [1.165, 1.54) is 180 Å². The van der Waals surface area contributed by atoms with Gasteiger partial charge in [-0.2, -0.15) is 0 Å². The molecule has 0 rings (SSSR count). The fourth-order valence-corrected chi connectivity index (χ4v) is 8.13. The third kappa shape index (κ3) is 41.3. The van der Waals surface area contributed by atoms with Crippen molar-refractivity contribution in [2.75, 3.05) is 6.61 Å². The molecule has 0 saturated heterocycles. The molecule has 58 heavy (non-hydrogen) atoms. The Kier molecular flexibility index (Phi) is 45.5. The number of nitrogens with one attached hydrogen (secondary N) is 1. The van der Waals surface area contributed by atoms with E-state index in [1.54, 1.807) is 0 Å². The van der Waals surface area contributed by atoms with Crippen molar-refractivity contribution in [1.82, 2.24) is 5.32 Å². The lowest BCUT2D eigenvalue weighted by molar-refractivity contribution is -0.151. The van der Waals surface area contributed by atoms with Crippen molar-refractivity contribution in [2.24, 2.45) is 0 Å². The molecular formula is C52H101NO5. The van der Waals surface area contributed by atoms with Crippen molar-refractivity contribution >= 4 is 11.9 Å². The lowest BCUT2D eigenvalue weighted by Gasteiger charge is -2.24. The maximum absolute atomic E-state index is 13.2. The summed E-state index contributed by atoms with van der Waals surface area (Å²) < 4.78 is 5.91. The first-order valence-corrected chi connectivity index (χ1v) is 25.9. The van der Waals surface area contributed by atoms with Crippen LogP contribution in [-0.2, 0) is 14.3 Å². The Balaban J connectivity index is 4.44. The second-order valence-electron chi connectivity index (χ2n) is 17.9. The highest BCUT2D eigenvalue weighted by Crippen LogP contribution is 2.18. The van der Waals surface area contributed by atoms with Crippen LogP contribution in [0.2, 0.25) is 0 Å². The van der Waals surface area contributed by atoms with E-state index in [1.807, 2.05) is 0 Å². The molecule has 0 saturated carbocycles. The Hall–Kier alpha value is -1.40. The summed E-state index contributed by atoms with van der Waals surface area (Å²) in [4.78, 5) is 26.0. The largest absolute Gasteiger partial charge is 0.462 e. The minimum absolute atomic E-state index is 0.0783. The van der Waals surface area contributed by atoms with Crippen molar-refractivity contribution in [2.45, 2.75) is 302 Å². The van der Waals surface area contributed by atoms with Gasteiger partial charge in [-0.15, -0.1) is 0 Å². The topological polar surface area (TPSA) is 95.9 Å². The molecule has 0 aromatic rings. The van der Waals surface area contributed by atoms with Gasteiger partial charge in [-0.1, -0.05) is 232 Å². The maximum atomic E-state index is 13.2. The summed E-state index contributed by atoms with van der Waals surface area (Å²) in [6.07, 6.45) is 51.3. The van der Waals surface area contributed by atoms with Crippen LogP contribution in [0.15, 0.2) is 12.2 Å². The Morgan fingerprint density at radius 1 is 0.483 bits per heavy atom. The van der Waals surface area contributed by atoms with Gasteiger partial charge >= 0.3 is 5.97 Å². The van der Waals surface area contributed by atoms with Crippen molar-refractivity contribution in [1.29, 1.82) is 0 Å². The number of ether oxygens (including phenoxy) is 1. The summed E-state index contributed by atoms with van der Waals surface area (Å²) >= 11 is 0. The van der Waals surface area contributed by atoms with Crippen LogP contribution in [-0.4, -0.2) is 46.9 Å². The van der Waals surface area contributed by atoms with Crippen LogP contribution in [0.5, 0.6) is 0 Å². The van der Waals surface area contributed by atoms with Gasteiger partial charge in [0.05, 0.1) is 25.2 Å². The van der Waals surface area contributed by atoms with Crippen LogP contribution < -0.4 is 5.32 Å². The van der Waals surface area contributed by atoms with Crippen molar-refractivity contribution in [3.8, 4) is 0 Å². The number of amides is 1. The van der Waals surface area contributed by atoms with Gasteiger partial charge in [-0.25, -0.2) is 0 Å². The van der Waals surface area contributed by atoms with Crippen LogP contribution in [0.25, 0.3) is 0 Å². The molecule has 0 aromatic carbocycles. The fourth-order valence-electron chi connectivity index (χ4n) is 8.13. The summed E-state index contributed by atoms with van der Waals surface area (Å²) in [5.74, 6) is -0.470. The number of allylic oxidation sites excluding steroid dienone is 2. The lowest BCUT2D eigenvalue weighted by atomic mass is 10.0. The van der Waals surface area contributed by atoms with Gasteiger partial charge in [0.25, 0.3) is 0 Å². The molecular weight excluding hydrogens is 719 g/mol. The molecule has 0 radical (unpaired) electrons. The number of unbranched alkanes of at least 4 members (excludes halogenated alkanes) is 33. The number of rotatable bonds is 47. The number of carbonyl (C=O) groups is 2. The summed E-state index contributed by atoms with van der Waals surface area (Å²) in [5.41, 5.74) is 0. The highest BCUT2D eigenvalue weighted by atomic mass is 16.5. The zero-order valence-corrected chi connectivity index (χ0v) is 39.2. The molecule has 0 spiro atoms. The molecule has 0 aliphatic rings. The molecule has 3 unspecified atom stereocenters. The Bertz CT molecular complexity index is 878. The third-order valence-corrected chi connectivity index (χ3v) is 12.1. The minimum atomic E-state index is -0.783. The number of carbonyl (C=O) groups excluding carboxylic acids is 2. The molecule has 3 N–H and O–H groups in total. The minimum Gasteiger partial charge on any atom is -0.462 e. The van der Waals surface area contributed by atoms with E-state index in [9.17, 15) is 19.8 Å². The van der Waals surface area contributed by atoms with Crippen LogP contribution in [0.1, 0.15) is 284 Å². The van der Waals surface area contributed by atoms with E-state index >= 15 is 0 Å². The molecule has 0 heterocycles. The highest BCUT2D eigenvalue weighted by Gasteiger charge is 2.24. The third-order valence-electron chi connectivity index (χ3n) is 12.1. The standard InChI is InChI=1S/C52H101NO5/c1-4-7-10-13-16-19-21-23-24-25-26-28-30-33-35-38-41-44-50(55)49(47-54)53-51(56)46-48(58-52(57)45-42-39-36-31-18-15-12-9-6-3)43-40-37-34-32-29-27-22-20-17-14-11-8-5-2/h20,22,48-50,54-55H,4-19,21,23-47H2,1-3H3,(H,53,56)/b22-20-. The Labute approximate surface area is 361 Å². The normalized spacial score (nSPS) is 13.3. The molecule has 1 amide bonds. The number of hydrogen-bond donors (Lipinski definition) is 3. The molecule has 0 aliphatic heterocycles. The van der Waals surface area contributed by atoms with Gasteiger partial charge in [0.15, 0.2) is 0 Å². The predicted molar refractivity (Wildman–Crippen MR) is 250 cm³/mol. The van der Waals surface area contributed by atoms with E-state index in [0.29, 0.717) is 19.3 Å². The molecule has 6 nitrogen and oxygen atoms in total. The second-order valence-corrected chi connectivity index (χ2v) is 17.9. The monoisotopic (exact) mass is 820 g/mol. The summed E-state index contributed by atoms with van der Waals surface area (Å²) in [7, 11) is 0. The smallest absolute Gasteiger partial charge is 0.306 e. The molecule has 0 bridgehead atoms. The summed E-state index contributed by atoms with van der Waals surface area (Å²) in [5, 5.41) is 23.8. The summed E-state index contributed by atoms with van der Waals surface area (Å²) in [6.45, 7) is 6.47. The average Bonchev–Trinajstić information content (AvgIpc) is 3.22. The van der Waals surface area contributed by atoms with E-state index in [2.05, 4.69) is 38.2 Å². The van der Waals surface area contributed by atoms with Gasteiger partial charge in [-0.05, 0) is 51.4 Å². The van der Waals surface area contributed by atoms with E-state index in [-0.39, 0.29) is 24.9 Å². The molecule has 0 fully saturated rings. The van der Waals surface area contributed by atoms with E-state index < -0.39 is 18.2 Å². The molecule has 344 valence electrons. The van der Waals surface area contributed by atoms with E-state index in [0.717, 1.165) is 57.8 Å². The molecule has 0 aromatic heterocycles. The molecule has 0 aliphatic carbocycles. The number of esters is 1. The quantitative estimate of drug-likeness (QED) is 0.0323. The number of hydrogen-bond acceptors (Lipinski definition) is 5. The first kappa shape index (κ1) is 56.6. The zero-order chi connectivity index (χ0) is 42.4. The summed E-state index contributed by atoms with van der Waals surface area (Å²) in [6, 6.07) is -0.697. The average molecular weight is 820 g/mol. The highest BCUT2D eigenvalue weighted by molar-refractivity contribution is 5.77. The number of aliphatic hydroxyl groups is 2. The van der Waals surface area contributed by atoms with Gasteiger partial charge in [0, 0.05) is 6.42 Å².